The maximum Gasteiger partial charge on any atom is 0.328 e. The Labute approximate surface area is 101 Å². The van der Waals surface area contributed by atoms with Gasteiger partial charge in [-0.2, -0.15) is 0 Å². The van der Waals surface area contributed by atoms with Gasteiger partial charge in [0.15, 0.2) is 11.9 Å². The topological polar surface area (TPSA) is 86.6 Å². The van der Waals surface area contributed by atoms with Crippen molar-refractivity contribution in [1.29, 1.82) is 0 Å². The van der Waals surface area contributed by atoms with Gasteiger partial charge in [0.25, 0.3) is 5.91 Å². The molecule has 0 radical (unpaired) electrons. The molecule has 1 amide bonds. The van der Waals surface area contributed by atoms with Crippen molar-refractivity contribution in [2.45, 2.75) is 6.04 Å². The number of aliphatic hydroxyl groups excluding tert-OH is 1. The minimum absolute atomic E-state index is 0.242. The summed E-state index contributed by atoms with van der Waals surface area (Å²) in [5.41, 5.74) is -0.378. The van der Waals surface area contributed by atoms with Gasteiger partial charge in [-0.25, -0.2) is 9.18 Å². The average Bonchev–Trinajstić information content (AvgIpc) is 2.28. The van der Waals surface area contributed by atoms with E-state index in [4.69, 9.17) is 21.8 Å². The van der Waals surface area contributed by atoms with Crippen LogP contribution < -0.4 is 5.32 Å². The van der Waals surface area contributed by atoms with Gasteiger partial charge in [0.05, 0.1) is 17.2 Å². The third-order valence-corrected chi connectivity index (χ3v) is 2.27. The van der Waals surface area contributed by atoms with Gasteiger partial charge < -0.3 is 15.5 Å². The van der Waals surface area contributed by atoms with E-state index in [1.165, 1.54) is 12.1 Å². The zero-order chi connectivity index (χ0) is 13.0. The highest BCUT2D eigenvalue weighted by atomic mass is 35.5. The van der Waals surface area contributed by atoms with Gasteiger partial charge >= 0.3 is 5.97 Å². The van der Waals surface area contributed by atoms with Crippen LogP contribution in [0.15, 0.2) is 18.2 Å². The van der Waals surface area contributed by atoms with E-state index in [0.717, 1.165) is 6.07 Å². The van der Waals surface area contributed by atoms with Crippen molar-refractivity contribution in [3.8, 4) is 0 Å². The Balaban J connectivity index is 2.90. The van der Waals surface area contributed by atoms with Crippen LogP contribution in [0.2, 0.25) is 5.02 Å². The minimum atomic E-state index is -1.49. The van der Waals surface area contributed by atoms with Gasteiger partial charge in [-0.3, -0.25) is 4.79 Å². The van der Waals surface area contributed by atoms with Crippen LogP contribution in [0.3, 0.4) is 0 Å². The van der Waals surface area contributed by atoms with Crippen LogP contribution in [0, 0.1) is 5.82 Å². The molecule has 1 aromatic rings. The lowest BCUT2D eigenvalue weighted by atomic mass is 10.2. The maximum absolute atomic E-state index is 13.4. The maximum atomic E-state index is 13.4. The molecule has 0 fully saturated rings. The lowest BCUT2D eigenvalue weighted by Gasteiger charge is -2.12. The lowest BCUT2D eigenvalue weighted by Crippen LogP contribution is -2.43. The van der Waals surface area contributed by atoms with Crippen molar-refractivity contribution in [1.82, 2.24) is 5.32 Å². The fourth-order valence-corrected chi connectivity index (χ4v) is 1.28. The number of amides is 1. The molecule has 92 valence electrons. The number of halogens is 2. The van der Waals surface area contributed by atoms with Gasteiger partial charge in [-0.1, -0.05) is 17.7 Å². The highest BCUT2D eigenvalue weighted by molar-refractivity contribution is 6.31. The normalized spacial score (nSPS) is 11.9. The second-order valence-corrected chi connectivity index (χ2v) is 3.56. The summed E-state index contributed by atoms with van der Waals surface area (Å²) in [5.74, 6) is -3.30. The van der Waals surface area contributed by atoms with Crippen LogP contribution in [0.25, 0.3) is 0 Å². The van der Waals surface area contributed by atoms with E-state index in [-0.39, 0.29) is 10.6 Å². The molecule has 5 nitrogen and oxygen atoms in total. The number of aliphatic carboxylic acids is 1. The molecule has 0 aromatic heterocycles. The van der Waals surface area contributed by atoms with Crippen LogP contribution in [-0.4, -0.2) is 34.7 Å². The molecular weight excluding hydrogens is 253 g/mol. The third kappa shape index (κ3) is 3.15. The molecule has 0 saturated carbocycles. The number of carbonyl (C=O) groups is 2. The van der Waals surface area contributed by atoms with Crippen molar-refractivity contribution < 1.29 is 24.2 Å². The van der Waals surface area contributed by atoms with E-state index >= 15 is 0 Å². The van der Waals surface area contributed by atoms with Gasteiger partial charge in [0.2, 0.25) is 0 Å². The summed E-state index contributed by atoms with van der Waals surface area (Å²) in [6.45, 7) is -0.788. The molecule has 17 heavy (non-hydrogen) atoms. The van der Waals surface area contributed by atoms with Crippen molar-refractivity contribution in [2.24, 2.45) is 0 Å². The molecule has 7 heteroatoms. The van der Waals surface area contributed by atoms with E-state index in [9.17, 15) is 14.0 Å². The van der Waals surface area contributed by atoms with Crippen LogP contribution in [0.1, 0.15) is 10.4 Å². The first-order valence-corrected chi connectivity index (χ1v) is 4.93. The summed E-state index contributed by atoms with van der Waals surface area (Å²) in [7, 11) is 0. The van der Waals surface area contributed by atoms with Crippen molar-refractivity contribution in [2.75, 3.05) is 6.61 Å². The first kappa shape index (κ1) is 13.4. The summed E-state index contributed by atoms with van der Waals surface area (Å²) in [6.07, 6.45) is 0. The molecular formula is C10H9ClFNO4. The predicted octanol–water partition coefficient (Wildman–Crippen LogP) is 0.654. The molecule has 1 aromatic carbocycles. The Morgan fingerprint density at radius 1 is 1.47 bits per heavy atom. The summed E-state index contributed by atoms with van der Waals surface area (Å²) in [4.78, 5) is 22.1. The zero-order valence-corrected chi connectivity index (χ0v) is 9.24. The molecule has 0 aliphatic rings. The molecule has 0 unspecified atom stereocenters. The summed E-state index contributed by atoms with van der Waals surface area (Å²) in [6, 6.07) is 2.29. The first-order valence-electron chi connectivity index (χ1n) is 4.56. The smallest absolute Gasteiger partial charge is 0.328 e. The van der Waals surface area contributed by atoms with Crippen LogP contribution in [0.5, 0.6) is 0 Å². The van der Waals surface area contributed by atoms with Crippen LogP contribution in [0.4, 0.5) is 4.39 Å². The van der Waals surface area contributed by atoms with E-state index in [1.54, 1.807) is 0 Å². The molecule has 0 spiro atoms. The number of benzene rings is 1. The Bertz CT molecular complexity index is 452. The Morgan fingerprint density at radius 2 is 2.12 bits per heavy atom. The largest absolute Gasteiger partial charge is 0.480 e. The van der Waals surface area contributed by atoms with Gasteiger partial charge in [-0.05, 0) is 12.1 Å². The predicted molar refractivity (Wildman–Crippen MR) is 57.4 cm³/mol. The molecule has 0 saturated heterocycles. The lowest BCUT2D eigenvalue weighted by molar-refractivity contribution is -0.140. The number of nitrogens with one attached hydrogen (secondary N) is 1. The highest BCUT2D eigenvalue weighted by Crippen LogP contribution is 2.17. The second-order valence-electron chi connectivity index (χ2n) is 3.15. The van der Waals surface area contributed by atoms with E-state index in [0.29, 0.717) is 0 Å². The standard InChI is InChI=1S/C10H9ClFNO4/c11-6-3-1-2-5(8(6)12)9(15)13-7(4-14)10(16)17/h1-3,7,14H,4H2,(H,13,15)(H,16,17)/t7-/m0/s1. The molecule has 0 aliphatic carbocycles. The number of rotatable bonds is 4. The molecule has 1 atom stereocenters. The van der Waals surface area contributed by atoms with Gasteiger partial charge in [0.1, 0.15) is 0 Å². The highest BCUT2D eigenvalue weighted by Gasteiger charge is 2.21. The fourth-order valence-electron chi connectivity index (χ4n) is 1.10. The number of carboxylic acids is 1. The first-order chi connectivity index (χ1) is 7.97. The zero-order valence-electron chi connectivity index (χ0n) is 8.48. The number of carbonyl (C=O) groups excluding carboxylic acids is 1. The van der Waals surface area contributed by atoms with E-state index in [2.05, 4.69) is 0 Å². The Morgan fingerprint density at radius 3 is 2.65 bits per heavy atom. The number of aliphatic hydroxyl groups is 1. The molecule has 0 heterocycles. The third-order valence-electron chi connectivity index (χ3n) is 1.98. The van der Waals surface area contributed by atoms with E-state index < -0.39 is 30.3 Å². The Kier molecular flexibility index (Phi) is 4.42. The van der Waals surface area contributed by atoms with Crippen LogP contribution >= 0.6 is 11.6 Å². The summed E-state index contributed by atoms with van der Waals surface area (Å²) in [5, 5.41) is 19.0. The molecule has 1 rings (SSSR count). The minimum Gasteiger partial charge on any atom is -0.480 e. The quantitative estimate of drug-likeness (QED) is 0.743. The molecule has 0 bridgehead atoms. The SMILES string of the molecule is O=C(N[C@@H](CO)C(=O)O)c1cccc(Cl)c1F. The van der Waals surface area contributed by atoms with Crippen molar-refractivity contribution in [3.63, 3.8) is 0 Å². The average molecular weight is 262 g/mol. The van der Waals surface area contributed by atoms with E-state index in [1.807, 2.05) is 5.32 Å². The van der Waals surface area contributed by atoms with Gasteiger partial charge in [0, 0.05) is 0 Å². The second kappa shape index (κ2) is 5.60. The van der Waals surface area contributed by atoms with Crippen LogP contribution in [-0.2, 0) is 4.79 Å². The van der Waals surface area contributed by atoms with Crippen molar-refractivity contribution >= 4 is 23.5 Å². The summed E-state index contributed by atoms with van der Waals surface area (Å²) < 4.78 is 13.4. The summed E-state index contributed by atoms with van der Waals surface area (Å²) >= 11 is 5.47. The molecule has 3 N–H and O–H groups in total. The molecule has 0 aliphatic heterocycles. The van der Waals surface area contributed by atoms with Gasteiger partial charge in [-0.15, -0.1) is 0 Å². The fraction of sp³-hybridized carbons (Fsp3) is 0.200. The van der Waals surface area contributed by atoms with Crippen molar-refractivity contribution in [3.05, 3.63) is 34.6 Å². The number of carboxylic acid groups (broad SMARTS) is 1. The Hall–Kier alpha value is -1.66. The number of hydrogen-bond acceptors (Lipinski definition) is 3. The number of hydrogen-bond donors (Lipinski definition) is 3. The monoisotopic (exact) mass is 261 g/mol.